The molecule has 0 saturated carbocycles. The normalized spacial score (nSPS) is 17.8. The molecule has 1 saturated heterocycles. The summed E-state index contributed by atoms with van der Waals surface area (Å²) in [5.41, 5.74) is 1.23. The maximum Gasteiger partial charge on any atom is 0.152 e. The quantitative estimate of drug-likeness (QED) is 0.730. The molecule has 3 aromatic rings. The van der Waals surface area contributed by atoms with Gasteiger partial charge in [-0.05, 0) is 31.9 Å². The number of pyridine rings is 1. The summed E-state index contributed by atoms with van der Waals surface area (Å²) in [5, 5.41) is 8.96. The van der Waals surface area contributed by atoms with Crippen LogP contribution in [0.3, 0.4) is 0 Å². The zero-order valence-electron chi connectivity index (χ0n) is 14.7. The molecule has 1 atom stereocenters. The summed E-state index contributed by atoms with van der Waals surface area (Å²) in [4.78, 5) is 10.8. The zero-order valence-corrected chi connectivity index (χ0v) is 14.7. The maximum atomic E-state index is 4.52. The maximum absolute atomic E-state index is 4.52. The number of aromatic nitrogens is 6. The number of hydrogen-bond acceptors (Lipinski definition) is 5. The molecule has 0 aromatic carbocycles. The fraction of sp³-hybridized carbons (Fsp3) is 0.444. The minimum Gasteiger partial charge on any atom is -0.371 e. The third-order valence-corrected chi connectivity index (χ3v) is 5.05. The van der Waals surface area contributed by atoms with Gasteiger partial charge in [0.1, 0.15) is 11.6 Å². The van der Waals surface area contributed by atoms with E-state index in [0.29, 0.717) is 12.5 Å². The molecule has 1 fully saturated rings. The van der Waals surface area contributed by atoms with Crippen molar-refractivity contribution in [2.75, 3.05) is 18.0 Å². The van der Waals surface area contributed by atoms with E-state index in [2.05, 4.69) is 53.4 Å². The number of rotatable bonds is 4. The molecule has 3 aromatic heterocycles. The summed E-state index contributed by atoms with van der Waals surface area (Å²) in [6, 6.07) is 4.15. The lowest BCUT2D eigenvalue weighted by molar-refractivity contribution is 0.478. The third-order valence-electron chi connectivity index (χ3n) is 5.05. The van der Waals surface area contributed by atoms with Crippen molar-refractivity contribution in [2.45, 2.75) is 32.2 Å². The van der Waals surface area contributed by atoms with Gasteiger partial charge >= 0.3 is 0 Å². The van der Waals surface area contributed by atoms with Crippen LogP contribution in [0.15, 0.2) is 36.9 Å². The number of hydrogen-bond donors (Lipinski definition) is 0. The van der Waals surface area contributed by atoms with Gasteiger partial charge in [-0.2, -0.15) is 0 Å². The van der Waals surface area contributed by atoms with E-state index in [1.165, 1.54) is 5.69 Å². The van der Waals surface area contributed by atoms with Crippen LogP contribution in [0.25, 0.3) is 0 Å². The van der Waals surface area contributed by atoms with Crippen molar-refractivity contribution in [1.82, 2.24) is 29.3 Å². The summed E-state index contributed by atoms with van der Waals surface area (Å²) in [7, 11) is 2.07. The standard InChI is InChI=1S/C18H23N7/c1-14-20-9-11-24(14)13-17-21-22-18(23(17)2)15-4-3-10-25(12-15)16-5-7-19-8-6-16/h5-9,11,15H,3-4,10,12-13H2,1-2H3. The van der Waals surface area contributed by atoms with Crippen molar-refractivity contribution in [3.8, 4) is 0 Å². The van der Waals surface area contributed by atoms with E-state index in [1.807, 2.05) is 31.7 Å². The predicted molar refractivity (Wildman–Crippen MR) is 95.5 cm³/mol. The average molecular weight is 337 g/mol. The van der Waals surface area contributed by atoms with E-state index < -0.39 is 0 Å². The number of imidazole rings is 1. The molecule has 0 N–H and O–H groups in total. The molecule has 130 valence electrons. The van der Waals surface area contributed by atoms with Crippen LogP contribution in [0.1, 0.15) is 36.2 Å². The molecule has 1 unspecified atom stereocenters. The van der Waals surface area contributed by atoms with Crippen LogP contribution >= 0.6 is 0 Å². The SMILES string of the molecule is Cc1nccn1Cc1nnc(C2CCCN(c3ccncc3)C2)n1C. The Bertz CT molecular complexity index is 836. The van der Waals surface area contributed by atoms with Gasteiger partial charge in [0.2, 0.25) is 0 Å². The number of piperidine rings is 1. The van der Waals surface area contributed by atoms with Crippen molar-refractivity contribution in [2.24, 2.45) is 7.05 Å². The van der Waals surface area contributed by atoms with E-state index in [-0.39, 0.29) is 0 Å². The highest BCUT2D eigenvalue weighted by atomic mass is 15.3. The Hall–Kier alpha value is -2.70. The van der Waals surface area contributed by atoms with Gasteiger partial charge in [-0.1, -0.05) is 0 Å². The molecule has 0 amide bonds. The second-order valence-electron chi connectivity index (χ2n) is 6.63. The zero-order chi connectivity index (χ0) is 17.2. The Morgan fingerprint density at radius 2 is 2.00 bits per heavy atom. The fourth-order valence-corrected chi connectivity index (χ4v) is 3.57. The Balaban J connectivity index is 1.53. The lowest BCUT2D eigenvalue weighted by Gasteiger charge is -2.33. The Morgan fingerprint density at radius 1 is 1.16 bits per heavy atom. The fourth-order valence-electron chi connectivity index (χ4n) is 3.57. The van der Waals surface area contributed by atoms with Gasteiger partial charge in [-0.3, -0.25) is 4.98 Å². The molecule has 25 heavy (non-hydrogen) atoms. The van der Waals surface area contributed by atoms with Crippen LogP contribution < -0.4 is 4.90 Å². The Labute approximate surface area is 147 Å². The number of aryl methyl sites for hydroxylation is 1. The molecule has 4 rings (SSSR count). The van der Waals surface area contributed by atoms with Crippen molar-refractivity contribution in [3.05, 3.63) is 54.4 Å². The molecule has 7 nitrogen and oxygen atoms in total. The van der Waals surface area contributed by atoms with Crippen molar-refractivity contribution < 1.29 is 0 Å². The first-order chi connectivity index (χ1) is 12.2. The van der Waals surface area contributed by atoms with Crippen LogP contribution in [-0.4, -0.2) is 42.4 Å². The number of nitrogens with zero attached hydrogens (tertiary/aromatic N) is 7. The second-order valence-corrected chi connectivity index (χ2v) is 6.63. The molecular formula is C18H23N7. The summed E-state index contributed by atoms with van der Waals surface area (Å²) in [6.45, 7) is 4.76. The minimum atomic E-state index is 0.400. The van der Waals surface area contributed by atoms with E-state index in [0.717, 1.165) is 43.4 Å². The van der Waals surface area contributed by atoms with Crippen LogP contribution in [-0.2, 0) is 13.6 Å². The molecule has 0 spiro atoms. The largest absolute Gasteiger partial charge is 0.371 e. The first-order valence-corrected chi connectivity index (χ1v) is 8.73. The Morgan fingerprint density at radius 3 is 2.76 bits per heavy atom. The van der Waals surface area contributed by atoms with Crippen molar-refractivity contribution in [3.63, 3.8) is 0 Å². The van der Waals surface area contributed by atoms with E-state index in [1.54, 1.807) is 0 Å². The summed E-state index contributed by atoms with van der Waals surface area (Å²) in [5.74, 6) is 3.44. The summed E-state index contributed by atoms with van der Waals surface area (Å²) < 4.78 is 4.25. The molecule has 0 aliphatic carbocycles. The summed E-state index contributed by atoms with van der Waals surface area (Å²) >= 11 is 0. The predicted octanol–water partition coefficient (Wildman–Crippen LogP) is 2.15. The minimum absolute atomic E-state index is 0.400. The molecule has 1 aliphatic rings. The molecule has 7 heteroatoms. The lowest BCUT2D eigenvalue weighted by Crippen LogP contribution is -2.35. The van der Waals surface area contributed by atoms with Gasteiger partial charge in [0, 0.05) is 56.5 Å². The molecule has 0 bridgehead atoms. The highest BCUT2D eigenvalue weighted by Gasteiger charge is 2.26. The van der Waals surface area contributed by atoms with Gasteiger partial charge in [0.25, 0.3) is 0 Å². The van der Waals surface area contributed by atoms with Crippen LogP contribution in [0.5, 0.6) is 0 Å². The smallest absolute Gasteiger partial charge is 0.152 e. The first-order valence-electron chi connectivity index (χ1n) is 8.73. The first kappa shape index (κ1) is 15.8. The lowest BCUT2D eigenvalue weighted by atomic mass is 9.96. The third kappa shape index (κ3) is 3.14. The molecular weight excluding hydrogens is 314 g/mol. The highest BCUT2D eigenvalue weighted by molar-refractivity contribution is 5.45. The van der Waals surface area contributed by atoms with Gasteiger partial charge < -0.3 is 14.0 Å². The van der Waals surface area contributed by atoms with Crippen LogP contribution in [0, 0.1) is 6.92 Å². The van der Waals surface area contributed by atoms with Gasteiger partial charge in [0.05, 0.1) is 6.54 Å². The average Bonchev–Trinajstić information content (AvgIpc) is 3.22. The molecule has 4 heterocycles. The van der Waals surface area contributed by atoms with Gasteiger partial charge in [-0.15, -0.1) is 10.2 Å². The second kappa shape index (κ2) is 6.66. The van der Waals surface area contributed by atoms with Crippen molar-refractivity contribution in [1.29, 1.82) is 0 Å². The Kier molecular flexibility index (Phi) is 4.21. The van der Waals surface area contributed by atoms with E-state index in [4.69, 9.17) is 0 Å². The van der Waals surface area contributed by atoms with Crippen LogP contribution in [0.4, 0.5) is 5.69 Å². The van der Waals surface area contributed by atoms with Crippen molar-refractivity contribution >= 4 is 5.69 Å². The van der Waals surface area contributed by atoms with E-state index >= 15 is 0 Å². The highest BCUT2D eigenvalue weighted by Crippen LogP contribution is 2.28. The topological polar surface area (TPSA) is 64.7 Å². The van der Waals surface area contributed by atoms with Gasteiger partial charge in [0.15, 0.2) is 5.82 Å². The van der Waals surface area contributed by atoms with Crippen LogP contribution in [0.2, 0.25) is 0 Å². The van der Waals surface area contributed by atoms with E-state index in [9.17, 15) is 0 Å². The summed E-state index contributed by atoms with van der Waals surface area (Å²) in [6.07, 6.45) is 9.82. The van der Waals surface area contributed by atoms with Gasteiger partial charge in [-0.25, -0.2) is 4.98 Å². The number of anilines is 1. The molecule has 0 radical (unpaired) electrons. The molecule has 1 aliphatic heterocycles. The monoisotopic (exact) mass is 337 g/mol.